The van der Waals surface area contributed by atoms with Crippen LogP contribution in [0.2, 0.25) is 0 Å². The number of carboxylic acids is 1. The van der Waals surface area contributed by atoms with E-state index in [1.54, 1.807) is 20.8 Å². The van der Waals surface area contributed by atoms with E-state index in [1.165, 1.54) is 6.39 Å². The molecule has 0 aliphatic heterocycles. The maximum Gasteiger partial charge on any atom is 0.347 e. The predicted octanol–water partition coefficient (Wildman–Crippen LogP) is 1.94. The van der Waals surface area contributed by atoms with Crippen molar-refractivity contribution in [2.75, 3.05) is 0 Å². The summed E-state index contributed by atoms with van der Waals surface area (Å²) in [6, 6.07) is -0.407. The number of carbonyl (C=O) groups is 2. The van der Waals surface area contributed by atoms with Crippen molar-refractivity contribution in [1.29, 1.82) is 0 Å². The second kappa shape index (κ2) is 5.41. The second-order valence-electron chi connectivity index (χ2n) is 4.22. The van der Waals surface area contributed by atoms with E-state index < -0.39 is 12.0 Å². The molecule has 2 aromatic heterocycles. The Morgan fingerprint density at radius 3 is 2.65 bits per heavy atom. The van der Waals surface area contributed by atoms with E-state index in [9.17, 15) is 9.59 Å². The van der Waals surface area contributed by atoms with Crippen molar-refractivity contribution >= 4 is 23.2 Å². The number of rotatable bonds is 4. The summed E-state index contributed by atoms with van der Waals surface area (Å²) in [4.78, 5) is 31.1. The van der Waals surface area contributed by atoms with E-state index in [0.29, 0.717) is 16.5 Å². The molecule has 2 heterocycles. The quantitative estimate of drug-likeness (QED) is 0.893. The topological polar surface area (TPSA) is 105 Å². The Labute approximate surface area is 118 Å². The monoisotopic (exact) mass is 295 g/mol. The van der Waals surface area contributed by atoms with E-state index in [0.717, 1.165) is 11.3 Å². The van der Waals surface area contributed by atoms with Gasteiger partial charge < -0.3 is 14.8 Å². The van der Waals surface area contributed by atoms with Crippen molar-refractivity contribution in [2.24, 2.45) is 0 Å². The molecule has 0 radical (unpaired) electrons. The lowest BCUT2D eigenvalue weighted by Gasteiger charge is -2.09. The Morgan fingerprint density at radius 2 is 2.15 bits per heavy atom. The Balaban J connectivity index is 2.14. The molecule has 0 aliphatic rings. The van der Waals surface area contributed by atoms with Gasteiger partial charge in [-0.2, -0.15) is 0 Å². The van der Waals surface area contributed by atoms with Crippen LogP contribution in [0.4, 0.5) is 0 Å². The minimum absolute atomic E-state index is 0.179. The number of nitrogens with zero attached hydrogens (tertiary/aromatic N) is 2. The van der Waals surface area contributed by atoms with Crippen molar-refractivity contribution in [3.05, 3.63) is 33.4 Å². The number of aromatic nitrogens is 2. The van der Waals surface area contributed by atoms with Gasteiger partial charge in [0.15, 0.2) is 12.1 Å². The van der Waals surface area contributed by atoms with Crippen molar-refractivity contribution in [3.63, 3.8) is 0 Å². The zero-order chi connectivity index (χ0) is 14.9. The molecular weight excluding hydrogens is 282 g/mol. The lowest BCUT2D eigenvalue weighted by atomic mass is 10.3. The van der Waals surface area contributed by atoms with Crippen LogP contribution in [0.3, 0.4) is 0 Å². The third-order valence-electron chi connectivity index (χ3n) is 2.69. The molecule has 20 heavy (non-hydrogen) atoms. The van der Waals surface area contributed by atoms with Crippen LogP contribution >= 0.6 is 11.3 Å². The highest BCUT2D eigenvalue weighted by atomic mass is 32.1. The number of aromatic carboxylic acids is 1. The van der Waals surface area contributed by atoms with Crippen LogP contribution in [-0.2, 0) is 0 Å². The molecule has 2 aromatic rings. The number of hydrogen-bond donors (Lipinski definition) is 2. The Bertz CT molecular complexity index is 661. The summed E-state index contributed by atoms with van der Waals surface area (Å²) in [6.45, 7) is 5.00. The van der Waals surface area contributed by atoms with Crippen molar-refractivity contribution < 1.29 is 19.1 Å². The zero-order valence-corrected chi connectivity index (χ0v) is 11.9. The number of oxazole rings is 1. The number of carbonyl (C=O) groups excluding carboxylic acids is 1. The number of hydrogen-bond acceptors (Lipinski definition) is 6. The Hall–Kier alpha value is -2.22. The van der Waals surface area contributed by atoms with Gasteiger partial charge in [-0.15, -0.1) is 11.3 Å². The van der Waals surface area contributed by atoms with Gasteiger partial charge in [-0.3, -0.25) is 4.79 Å². The Morgan fingerprint density at radius 1 is 1.45 bits per heavy atom. The van der Waals surface area contributed by atoms with Gasteiger partial charge in [0.1, 0.15) is 15.6 Å². The molecule has 2 N–H and O–H groups in total. The SMILES string of the molecule is Cc1nc(C(C)NC(=O)c2ncoc2C)sc1C(=O)O. The maximum absolute atomic E-state index is 12.0. The molecule has 0 aliphatic carbocycles. The van der Waals surface area contributed by atoms with Gasteiger partial charge in [-0.1, -0.05) is 0 Å². The summed E-state index contributed by atoms with van der Waals surface area (Å²) < 4.78 is 4.96. The lowest BCUT2D eigenvalue weighted by molar-refractivity contribution is 0.0701. The fourth-order valence-electron chi connectivity index (χ4n) is 1.65. The summed E-state index contributed by atoms with van der Waals surface area (Å²) in [5.74, 6) is -0.971. The molecule has 1 unspecified atom stereocenters. The molecule has 0 saturated carbocycles. The fraction of sp³-hybridized carbons (Fsp3) is 0.333. The van der Waals surface area contributed by atoms with Crippen LogP contribution in [0.5, 0.6) is 0 Å². The highest BCUT2D eigenvalue weighted by Crippen LogP contribution is 2.23. The fourth-order valence-corrected chi connectivity index (χ4v) is 2.56. The number of nitrogens with one attached hydrogen (secondary N) is 1. The van der Waals surface area contributed by atoms with E-state index in [2.05, 4.69) is 15.3 Å². The van der Waals surface area contributed by atoms with Crippen LogP contribution in [0.25, 0.3) is 0 Å². The first kappa shape index (κ1) is 14.2. The van der Waals surface area contributed by atoms with E-state index in [4.69, 9.17) is 9.52 Å². The smallest absolute Gasteiger partial charge is 0.347 e. The molecule has 0 bridgehead atoms. The molecule has 106 valence electrons. The van der Waals surface area contributed by atoms with Crippen molar-refractivity contribution in [1.82, 2.24) is 15.3 Å². The molecule has 8 heteroatoms. The molecule has 1 amide bonds. The van der Waals surface area contributed by atoms with E-state index in [-0.39, 0.29) is 16.5 Å². The van der Waals surface area contributed by atoms with Gasteiger partial charge in [-0.05, 0) is 20.8 Å². The number of aryl methyl sites for hydroxylation is 2. The van der Waals surface area contributed by atoms with Crippen molar-refractivity contribution in [3.8, 4) is 0 Å². The van der Waals surface area contributed by atoms with Crippen LogP contribution in [0, 0.1) is 13.8 Å². The van der Waals surface area contributed by atoms with Gasteiger partial charge in [-0.25, -0.2) is 14.8 Å². The van der Waals surface area contributed by atoms with Crippen molar-refractivity contribution in [2.45, 2.75) is 26.8 Å². The number of amides is 1. The molecule has 2 rings (SSSR count). The molecule has 0 saturated heterocycles. The highest BCUT2D eigenvalue weighted by molar-refractivity contribution is 7.13. The predicted molar refractivity (Wildman–Crippen MR) is 70.9 cm³/mol. The van der Waals surface area contributed by atoms with Gasteiger partial charge in [0, 0.05) is 0 Å². The van der Waals surface area contributed by atoms with E-state index in [1.807, 2.05) is 0 Å². The number of carboxylic acid groups (broad SMARTS) is 1. The molecule has 0 aromatic carbocycles. The molecule has 0 fully saturated rings. The highest BCUT2D eigenvalue weighted by Gasteiger charge is 2.21. The largest absolute Gasteiger partial charge is 0.477 e. The van der Waals surface area contributed by atoms with Crippen LogP contribution in [0.15, 0.2) is 10.8 Å². The third-order valence-corrected chi connectivity index (χ3v) is 4.01. The first-order valence-corrected chi connectivity index (χ1v) is 6.63. The van der Waals surface area contributed by atoms with Gasteiger partial charge in [0.05, 0.1) is 11.7 Å². The average Bonchev–Trinajstić information content (AvgIpc) is 2.95. The summed E-state index contributed by atoms with van der Waals surface area (Å²) in [5, 5.41) is 12.2. The molecule has 0 spiro atoms. The standard InChI is InChI=1S/C12H13N3O4S/c1-5-9(12(17)18)20-11(15-5)6(2)14-10(16)8-7(3)19-4-13-8/h4,6H,1-3H3,(H,14,16)(H,17,18). The molecular formula is C12H13N3O4S. The van der Waals surface area contributed by atoms with Gasteiger partial charge in [0.2, 0.25) is 0 Å². The lowest BCUT2D eigenvalue weighted by Crippen LogP contribution is -2.27. The summed E-state index contributed by atoms with van der Waals surface area (Å²) in [5.41, 5.74) is 0.653. The van der Waals surface area contributed by atoms with Gasteiger partial charge >= 0.3 is 5.97 Å². The average molecular weight is 295 g/mol. The zero-order valence-electron chi connectivity index (χ0n) is 11.1. The Kier molecular flexibility index (Phi) is 3.84. The van der Waals surface area contributed by atoms with Crippen LogP contribution < -0.4 is 5.32 Å². The minimum atomic E-state index is -1.02. The molecule has 7 nitrogen and oxygen atoms in total. The normalized spacial score (nSPS) is 12.2. The molecule has 1 atom stereocenters. The summed E-state index contributed by atoms with van der Waals surface area (Å²) in [7, 11) is 0. The summed E-state index contributed by atoms with van der Waals surface area (Å²) >= 11 is 1.05. The summed E-state index contributed by atoms with van der Waals surface area (Å²) in [6.07, 6.45) is 1.20. The van der Waals surface area contributed by atoms with Crippen LogP contribution in [-0.4, -0.2) is 27.0 Å². The third kappa shape index (κ3) is 2.69. The number of thiazole rings is 1. The minimum Gasteiger partial charge on any atom is -0.477 e. The second-order valence-corrected chi connectivity index (χ2v) is 5.25. The van der Waals surface area contributed by atoms with Crippen LogP contribution in [0.1, 0.15) is 49.6 Å². The van der Waals surface area contributed by atoms with E-state index >= 15 is 0 Å². The first-order valence-electron chi connectivity index (χ1n) is 5.81. The first-order chi connectivity index (χ1) is 9.40. The van der Waals surface area contributed by atoms with Gasteiger partial charge in [0.25, 0.3) is 5.91 Å². The maximum atomic E-state index is 12.0.